The van der Waals surface area contributed by atoms with Crippen molar-refractivity contribution in [3.05, 3.63) is 53.0 Å². The van der Waals surface area contributed by atoms with Gasteiger partial charge in [0.15, 0.2) is 0 Å². The fourth-order valence-electron chi connectivity index (χ4n) is 3.12. The maximum atomic E-state index is 12.5. The van der Waals surface area contributed by atoms with Crippen LogP contribution in [0, 0.1) is 5.92 Å². The van der Waals surface area contributed by atoms with Gasteiger partial charge in [-0.05, 0) is 43.3 Å². The van der Waals surface area contributed by atoms with Crippen molar-refractivity contribution in [2.75, 3.05) is 29.9 Å². The highest BCUT2D eigenvalue weighted by Crippen LogP contribution is 2.33. The van der Waals surface area contributed by atoms with E-state index in [0.717, 1.165) is 4.47 Å². The molecular weight excluding hydrogens is 438 g/mol. The fourth-order valence-corrected chi connectivity index (χ4v) is 3.39. The molecule has 0 spiro atoms. The van der Waals surface area contributed by atoms with Crippen LogP contribution in [0.2, 0.25) is 0 Å². The molecule has 8 heteroatoms. The molecule has 29 heavy (non-hydrogen) atoms. The van der Waals surface area contributed by atoms with Crippen molar-refractivity contribution < 1.29 is 19.1 Å². The lowest BCUT2D eigenvalue weighted by atomic mass is 10.1. The Morgan fingerprint density at radius 3 is 2.62 bits per heavy atom. The first-order chi connectivity index (χ1) is 14.0. The minimum absolute atomic E-state index is 0.0978. The van der Waals surface area contributed by atoms with Gasteiger partial charge in [0.25, 0.3) is 0 Å². The topological polar surface area (TPSA) is 87.7 Å². The quantitative estimate of drug-likeness (QED) is 0.665. The monoisotopic (exact) mass is 459 g/mol. The van der Waals surface area contributed by atoms with Gasteiger partial charge in [0.05, 0.1) is 24.8 Å². The Balaban J connectivity index is 1.55. The number of nitrogens with one attached hydrogen (secondary N) is 2. The summed E-state index contributed by atoms with van der Waals surface area (Å²) in [5, 5.41) is 5.33. The van der Waals surface area contributed by atoms with Crippen molar-refractivity contribution in [3.63, 3.8) is 0 Å². The molecule has 2 aromatic rings. The maximum Gasteiger partial charge on any atom is 0.243 e. The Morgan fingerprint density at radius 1 is 1.17 bits per heavy atom. The summed E-state index contributed by atoms with van der Waals surface area (Å²) >= 11 is 3.33. The number of ether oxygens (including phenoxy) is 1. The molecular formula is C21H22BrN3O4. The maximum absolute atomic E-state index is 12.5. The molecule has 0 aromatic heterocycles. The number of nitrogens with zero attached hydrogens (tertiary/aromatic N) is 1. The van der Waals surface area contributed by atoms with Crippen LogP contribution in [0.4, 0.5) is 11.4 Å². The van der Waals surface area contributed by atoms with Crippen LogP contribution >= 0.6 is 15.9 Å². The number of amides is 3. The fraction of sp³-hybridized carbons (Fsp3) is 0.286. The second-order valence-electron chi connectivity index (χ2n) is 6.58. The molecule has 1 aliphatic heterocycles. The van der Waals surface area contributed by atoms with Crippen LogP contribution < -0.4 is 20.3 Å². The van der Waals surface area contributed by atoms with Crippen LogP contribution in [0.3, 0.4) is 0 Å². The Morgan fingerprint density at radius 2 is 1.90 bits per heavy atom. The Kier molecular flexibility index (Phi) is 6.87. The first-order valence-electron chi connectivity index (χ1n) is 9.33. The smallest absolute Gasteiger partial charge is 0.243 e. The standard InChI is InChI=1S/C21H22BrN3O4/c1-2-29-18-6-4-3-5-17(18)25-13-14(11-20(25)27)21(28)23-12-19(26)24-16-9-7-15(22)8-10-16/h3-10,14H,2,11-13H2,1H3,(H,23,28)(H,24,26). The van der Waals surface area contributed by atoms with E-state index < -0.39 is 5.92 Å². The zero-order valence-corrected chi connectivity index (χ0v) is 17.6. The molecule has 0 saturated carbocycles. The highest BCUT2D eigenvalue weighted by molar-refractivity contribution is 9.10. The van der Waals surface area contributed by atoms with Gasteiger partial charge in [0, 0.05) is 23.1 Å². The molecule has 1 aliphatic rings. The van der Waals surface area contributed by atoms with Crippen LogP contribution in [0.15, 0.2) is 53.0 Å². The molecule has 0 radical (unpaired) electrons. The zero-order valence-electron chi connectivity index (χ0n) is 16.0. The van der Waals surface area contributed by atoms with E-state index in [1.807, 2.05) is 31.2 Å². The van der Waals surface area contributed by atoms with Crippen LogP contribution in [0.25, 0.3) is 0 Å². The summed E-state index contributed by atoms with van der Waals surface area (Å²) < 4.78 is 6.49. The first-order valence-corrected chi connectivity index (χ1v) is 10.1. The van der Waals surface area contributed by atoms with Gasteiger partial charge in [0.1, 0.15) is 5.75 Å². The second kappa shape index (κ2) is 9.56. The highest BCUT2D eigenvalue weighted by atomic mass is 79.9. The molecule has 1 heterocycles. The molecule has 1 atom stereocenters. The van der Waals surface area contributed by atoms with E-state index >= 15 is 0 Å². The third-order valence-corrected chi connectivity index (χ3v) is 5.03. The number of anilines is 2. The van der Waals surface area contributed by atoms with Gasteiger partial charge < -0.3 is 20.3 Å². The van der Waals surface area contributed by atoms with E-state index in [1.165, 1.54) is 0 Å². The van der Waals surface area contributed by atoms with Crippen molar-refractivity contribution in [2.24, 2.45) is 5.92 Å². The number of carbonyl (C=O) groups excluding carboxylic acids is 3. The van der Waals surface area contributed by atoms with Crippen LogP contribution in [-0.4, -0.2) is 37.4 Å². The first kappa shape index (κ1) is 20.9. The lowest BCUT2D eigenvalue weighted by molar-refractivity contribution is -0.127. The van der Waals surface area contributed by atoms with Crippen molar-refractivity contribution in [3.8, 4) is 5.75 Å². The normalized spacial score (nSPS) is 15.9. The lowest BCUT2D eigenvalue weighted by Gasteiger charge is -2.20. The number of benzene rings is 2. The zero-order chi connectivity index (χ0) is 20.8. The van der Waals surface area contributed by atoms with E-state index in [-0.39, 0.29) is 37.2 Å². The largest absolute Gasteiger partial charge is 0.492 e. The third-order valence-electron chi connectivity index (χ3n) is 4.50. The summed E-state index contributed by atoms with van der Waals surface area (Å²) in [6.45, 7) is 2.45. The Hall–Kier alpha value is -2.87. The van der Waals surface area contributed by atoms with E-state index in [9.17, 15) is 14.4 Å². The number of carbonyl (C=O) groups is 3. The van der Waals surface area contributed by atoms with Gasteiger partial charge in [-0.2, -0.15) is 0 Å². The van der Waals surface area contributed by atoms with E-state index in [1.54, 1.807) is 29.2 Å². The molecule has 1 fully saturated rings. The molecule has 2 N–H and O–H groups in total. The van der Waals surface area contributed by atoms with Crippen LogP contribution in [0.1, 0.15) is 13.3 Å². The second-order valence-corrected chi connectivity index (χ2v) is 7.49. The Labute approximate surface area is 177 Å². The number of hydrogen-bond acceptors (Lipinski definition) is 4. The van der Waals surface area contributed by atoms with Gasteiger partial charge in [-0.15, -0.1) is 0 Å². The number of rotatable bonds is 7. The van der Waals surface area contributed by atoms with Crippen LogP contribution in [-0.2, 0) is 14.4 Å². The Bertz CT molecular complexity index is 901. The van der Waals surface area contributed by atoms with E-state index in [0.29, 0.717) is 23.7 Å². The summed E-state index contributed by atoms with van der Waals surface area (Å²) in [5.74, 6) is -0.697. The van der Waals surface area contributed by atoms with Gasteiger partial charge in [-0.1, -0.05) is 28.1 Å². The highest BCUT2D eigenvalue weighted by Gasteiger charge is 2.36. The molecule has 1 unspecified atom stereocenters. The van der Waals surface area contributed by atoms with Gasteiger partial charge in [0.2, 0.25) is 17.7 Å². The summed E-state index contributed by atoms with van der Waals surface area (Å²) in [7, 11) is 0. The summed E-state index contributed by atoms with van der Waals surface area (Å²) in [4.78, 5) is 38.6. The minimum Gasteiger partial charge on any atom is -0.492 e. The average molecular weight is 460 g/mol. The molecule has 0 bridgehead atoms. The van der Waals surface area contributed by atoms with Crippen LogP contribution in [0.5, 0.6) is 5.75 Å². The van der Waals surface area contributed by atoms with Gasteiger partial charge >= 0.3 is 0 Å². The number of hydrogen-bond donors (Lipinski definition) is 2. The summed E-state index contributed by atoms with van der Waals surface area (Å²) in [6.07, 6.45) is 0.0978. The molecule has 7 nitrogen and oxygen atoms in total. The third kappa shape index (κ3) is 5.35. The molecule has 3 rings (SSSR count). The predicted molar refractivity (Wildman–Crippen MR) is 114 cm³/mol. The minimum atomic E-state index is -0.516. The van der Waals surface area contributed by atoms with Crippen molar-refractivity contribution in [2.45, 2.75) is 13.3 Å². The molecule has 152 valence electrons. The lowest BCUT2D eigenvalue weighted by Crippen LogP contribution is -2.37. The number of halogens is 1. The van der Waals surface area contributed by atoms with Crippen molar-refractivity contribution >= 4 is 45.0 Å². The summed E-state index contributed by atoms with van der Waals surface area (Å²) in [6, 6.07) is 14.4. The van der Waals surface area contributed by atoms with E-state index in [4.69, 9.17) is 4.74 Å². The number of para-hydroxylation sites is 2. The van der Waals surface area contributed by atoms with Gasteiger partial charge in [-0.3, -0.25) is 14.4 Å². The molecule has 3 amide bonds. The summed E-state index contributed by atoms with van der Waals surface area (Å²) in [5.41, 5.74) is 1.30. The van der Waals surface area contributed by atoms with Crippen molar-refractivity contribution in [1.82, 2.24) is 5.32 Å². The van der Waals surface area contributed by atoms with E-state index in [2.05, 4.69) is 26.6 Å². The predicted octanol–water partition coefficient (Wildman–Crippen LogP) is 2.96. The average Bonchev–Trinajstić information content (AvgIpc) is 3.10. The molecule has 1 saturated heterocycles. The molecule has 0 aliphatic carbocycles. The van der Waals surface area contributed by atoms with Crippen molar-refractivity contribution in [1.29, 1.82) is 0 Å². The van der Waals surface area contributed by atoms with Gasteiger partial charge in [-0.25, -0.2) is 0 Å². The molecule has 2 aromatic carbocycles. The SMILES string of the molecule is CCOc1ccccc1N1CC(C(=O)NCC(=O)Nc2ccc(Br)cc2)CC1=O.